The van der Waals surface area contributed by atoms with Crippen LogP contribution in [0.15, 0.2) is 65.8 Å². The molecule has 0 saturated carbocycles. The highest BCUT2D eigenvalue weighted by atomic mass is 19.4. The Morgan fingerprint density at radius 1 is 1.08 bits per heavy atom. The monoisotopic (exact) mass is 496 g/mol. The Morgan fingerprint density at radius 3 is 2.61 bits per heavy atom. The van der Waals surface area contributed by atoms with Crippen molar-refractivity contribution in [3.8, 4) is 11.5 Å². The SMILES string of the molecule is Cc1ccc(C[C@@H]2CONC(c3cc(N4CCCC4)ncc3Oc3cccc(C(F)(F)F)c3)=N2)cc1. The van der Waals surface area contributed by atoms with Gasteiger partial charge in [0.1, 0.15) is 11.6 Å². The summed E-state index contributed by atoms with van der Waals surface area (Å²) in [4.78, 5) is 17.2. The van der Waals surface area contributed by atoms with Gasteiger partial charge in [-0.1, -0.05) is 35.9 Å². The van der Waals surface area contributed by atoms with Crippen molar-refractivity contribution < 1.29 is 22.7 Å². The molecule has 1 fully saturated rings. The van der Waals surface area contributed by atoms with Crippen LogP contribution in [0.4, 0.5) is 19.0 Å². The molecule has 6 nitrogen and oxygen atoms in total. The summed E-state index contributed by atoms with van der Waals surface area (Å²) in [6.45, 7) is 4.23. The number of ether oxygens (including phenoxy) is 1. The number of rotatable bonds is 6. The van der Waals surface area contributed by atoms with Gasteiger partial charge in [-0.05, 0) is 56.0 Å². The van der Waals surface area contributed by atoms with Gasteiger partial charge in [0.15, 0.2) is 11.6 Å². The van der Waals surface area contributed by atoms with E-state index in [2.05, 4.69) is 39.6 Å². The highest BCUT2D eigenvalue weighted by Gasteiger charge is 2.31. The van der Waals surface area contributed by atoms with Crippen molar-refractivity contribution in [2.75, 3.05) is 24.6 Å². The van der Waals surface area contributed by atoms with E-state index in [4.69, 9.17) is 14.6 Å². The van der Waals surface area contributed by atoms with Gasteiger partial charge >= 0.3 is 6.18 Å². The van der Waals surface area contributed by atoms with E-state index in [0.29, 0.717) is 30.2 Å². The van der Waals surface area contributed by atoms with Gasteiger partial charge in [-0.2, -0.15) is 13.2 Å². The van der Waals surface area contributed by atoms with Gasteiger partial charge in [-0.15, -0.1) is 0 Å². The Labute approximate surface area is 207 Å². The number of halogens is 3. The number of alkyl halides is 3. The molecule has 0 aliphatic carbocycles. The number of nitrogens with zero attached hydrogens (tertiary/aromatic N) is 3. The van der Waals surface area contributed by atoms with E-state index in [-0.39, 0.29) is 11.8 Å². The minimum absolute atomic E-state index is 0.0651. The molecule has 9 heteroatoms. The van der Waals surface area contributed by atoms with Gasteiger partial charge < -0.3 is 9.64 Å². The average Bonchev–Trinajstić information content (AvgIpc) is 3.41. The van der Waals surface area contributed by atoms with E-state index in [1.54, 1.807) is 0 Å². The van der Waals surface area contributed by atoms with Gasteiger partial charge in [-0.3, -0.25) is 9.83 Å². The van der Waals surface area contributed by atoms with Crippen molar-refractivity contribution in [2.24, 2.45) is 4.99 Å². The molecule has 1 atom stereocenters. The van der Waals surface area contributed by atoms with E-state index in [0.717, 1.165) is 49.4 Å². The molecule has 0 spiro atoms. The van der Waals surface area contributed by atoms with Gasteiger partial charge in [0.25, 0.3) is 0 Å². The summed E-state index contributed by atoms with van der Waals surface area (Å²) < 4.78 is 45.6. The molecule has 2 aliphatic rings. The first-order valence-electron chi connectivity index (χ1n) is 12.0. The predicted octanol–water partition coefficient (Wildman–Crippen LogP) is 5.69. The Kier molecular flexibility index (Phi) is 6.82. The minimum atomic E-state index is -4.47. The van der Waals surface area contributed by atoms with Crippen molar-refractivity contribution in [1.82, 2.24) is 10.5 Å². The predicted molar refractivity (Wildman–Crippen MR) is 131 cm³/mol. The normalized spacial score (nSPS) is 18.1. The molecule has 188 valence electrons. The number of hydroxylamine groups is 1. The zero-order valence-corrected chi connectivity index (χ0v) is 19.9. The molecular weight excluding hydrogens is 469 g/mol. The zero-order chi connectivity index (χ0) is 25.1. The number of benzene rings is 2. The number of amidine groups is 1. The number of pyridine rings is 1. The molecule has 1 N–H and O–H groups in total. The summed E-state index contributed by atoms with van der Waals surface area (Å²) in [5.41, 5.74) is 5.02. The lowest BCUT2D eigenvalue weighted by molar-refractivity contribution is -0.137. The first-order chi connectivity index (χ1) is 17.3. The van der Waals surface area contributed by atoms with Crippen LogP contribution in [0.5, 0.6) is 11.5 Å². The van der Waals surface area contributed by atoms with Crippen LogP contribution < -0.4 is 15.1 Å². The third kappa shape index (κ3) is 5.62. The van der Waals surface area contributed by atoms with Crippen LogP contribution in [0, 0.1) is 6.92 Å². The van der Waals surface area contributed by atoms with Crippen LogP contribution in [0.2, 0.25) is 0 Å². The first-order valence-corrected chi connectivity index (χ1v) is 12.0. The second-order valence-electron chi connectivity index (χ2n) is 9.09. The number of hydrogen-bond acceptors (Lipinski definition) is 6. The quantitative estimate of drug-likeness (QED) is 0.475. The lowest BCUT2D eigenvalue weighted by Crippen LogP contribution is -2.37. The number of anilines is 1. The van der Waals surface area contributed by atoms with Crippen LogP contribution in [0.1, 0.15) is 35.1 Å². The smallest absolute Gasteiger partial charge is 0.416 e. The molecule has 0 bridgehead atoms. The topological polar surface area (TPSA) is 59.0 Å². The lowest BCUT2D eigenvalue weighted by Gasteiger charge is -2.24. The Hall–Kier alpha value is -3.59. The molecule has 2 aromatic carbocycles. The number of aryl methyl sites for hydroxylation is 1. The maximum absolute atomic E-state index is 13.2. The summed E-state index contributed by atoms with van der Waals surface area (Å²) in [7, 11) is 0. The van der Waals surface area contributed by atoms with Crippen LogP contribution in [0.25, 0.3) is 0 Å². The number of aromatic nitrogens is 1. The molecule has 0 unspecified atom stereocenters. The lowest BCUT2D eigenvalue weighted by atomic mass is 10.0. The van der Waals surface area contributed by atoms with Crippen LogP contribution in [-0.4, -0.2) is 36.6 Å². The van der Waals surface area contributed by atoms with E-state index in [1.165, 1.54) is 23.9 Å². The van der Waals surface area contributed by atoms with Crippen molar-refractivity contribution in [3.05, 3.63) is 83.0 Å². The second-order valence-corrected chi connectivity index (χ2v) is 9.09. The van der Waals surface area contributed by atoms with Gasteiger partial charge in [0.05, 0.1) is 30.0 Å². The maximum atomic E-state index is 13.2. The molecule has 1 saturated heterocycles. The summed E-state index contributed by atoms with van der Waals surface area (Å²) in [5.74, 6) is 1.59. The molecule has 1 aromatic heterocycles. The molecular formula is C27H27F3N4O2. The number of aliphatic imine (C=N–C) groups is 1. The van der Waals surface area contributed by atoms with Gasteiger partial charge in [0, 0.05) is 13.1 Å². The van der Waals surface area contributed by atoms with Crippen molar-refractivity contribution >= 4 is 11.7 Å². The third-order valence-corrected chi connectivity index (χ3v) is 6.28. The Balaban J connectivity index is 1.47. The summed E-state index contributed by atoms with van der Waals surface area (Å²) in [6.07, 6.45) is -0.0661. The van der Waals surface area contributed by atoms with E-state index < -0.39 is 11.7 Å². The van der Waals surface area contributed by atoms with Gasteiger partial charge in [-0.25, -0.2) is 10.5 Å². The summed E-state index contributed by atoms with van der Waals surface area (Å²) >= 11 is 0. The average molecular weight is 497 g/mol. The highest BCUT2D eigenvalue weighted by molar-refractivity contribution is 6.01. The maximum Gasteiger partial charge on any atom is 0.416 e. The van der Waals surface area contributed by atoms with E-state index >= 15 is 0 Å². The van der Waals surface area contributed by atoms with Crippen molar-refractivity contribution in [2.45, 2.75) is 38.4 Å². The fourth-order valence-corrected chi connectivity index (χ4v) is 4.36. The molecule has 2 aliphatic heterocycles. The standard InChI is InChI=1S/C27H27F3N4O2/c1-18-7-9-19(10-8-18)13-21-17-35-33-26(32-21)23-15-25(34-11-2-3-12-34)31-16-24(23)36-22-6-4-5-20(14-22)27(28,29)30/h4-10,14-16,21H,2-3,11-13,17H2,1H3,(H,32,33)/t21-/m1/s1. The van der Waals surface area contributed by atoms with Crippen molar-refractivity contribution in [3.63, 3.8) is 0 Å². The first kappa shape index (κ1) is 24.1. The Morgan fingerprint density at radius 2 is 1.86 bits per heavy atom. The van der Waals surface area contributed by atoms with Gasteiger partial charge in [0.2, 0.25) is 0 Å². The second kappa shape index (κ2) is 10.2. The number of hydrogen-bond donors (Lipinski definition) is 1. The van der Waals surface area contributed by atoms with E-state index in [9.17, 15) is 13.2 Å². The van der Waals surface area contributed by atoms with Crippen LogP contribution in [0.3, 0.4) is 0 Å². The molecule has 0 radical (unpaired) electrons. The fraction of sp³-hybridized carbons (Fsp3) is 0.333. The molecule has 0 amide bonds. The minimum Gasteiger partial charge on any atom is -0.455 e. The molecule has 5 rings (SSSR count). The van der Waals surface area contributed by atoms with Crippen molar-refractivity contribution in [1.29, 1.82) is 0 Å². The molecule has 36 heavy (non-hydrogen) atoms. The Bertz CT molecular complexity index is 1240. The van der Waals surface area contributed by atoms with Crippen LogP contribution in [-0.2, 0) is 17.4 Å². The highest BCUT2D eigenvalue weighted by Crippen LogP contribution is 2.34. The fourth-order valence-electron chi connectivity index (χ4n) is 4.36. The molecule has 3 heterocycles. The van der Waals surface area contributed by atoms with E-state index in [1.807, 2.05) is 13.0 Å². The summed E-state index contributed by atoms with van der Waals surface area (Å²) in [5, 5.41) is 0. The molecule has 3 aromatic rings. The van der Waals surface area contributed by atoms with Crippen LogP contribution >= 0.6 is 0 Å². The zero-order valence-electron chi connectivity index (χ0n) is 19.9. The number of nitrogens with one attached hydrogen (secondary N) is 1. The third-order valence-electron chi connectivity index (χ3n) is 6.28. The largest absolute Gasteiger partial charge is 0.455 e. The summed E-state index contributed by atoms with van der Waals surface area (Å²) in [6, 6.07) is 14.8.